The fourth-order valence-corrected chi connectivity index (χ4v) is 2.17. The molecule has 2 aromatic rings. The predicted molar refractivity (Wildman–Crippen MR) is 78.1 cm³/mol. The molecule has 0 radical (unpaired) electrons. The molecule has 2 nitrogen and oxygen atoms in total. The van der Waals surface area contributed by atoms with Crippen LogP contribution in [0.25, 0.3) is 0 Å². The molecule has 18 heavy (non-hydrogen) atoms. The van der Waals surface area contributed by atoms with Crippen LogP contribution in [-0.4, -0.2) is 11.5 Å². The van der Waals surface area contributed by atoms with E-state index in [1.165, 1.54) is 4.90 Å². The van der Waals surface area contributed by atoms with Gasteiger partial charge in [-0.25, -0.2) is 0 Å². The Morgan fingerprint density at radius 2 is 1.78 bits per heavy atom. The average Bonchev–Trinajstić information content (AvgIpc) is 2.40. The normalized spacial score (nSPS) is 10.1. The topological polar surface area (TPSA) is 29.1 Å². The minimum Gasteiger partial charge on any atom is -0.355 e. The van der Waals surface area contributed by atoms with Crippen LogP contribution in [0.5, 0.6) is 0 Å². The van der Waals surface area contributed by atoms with Gasteiger partial charge in [0.05, 0.1) is 11.3 Å². The molecule has 0 atom stereocenters. The van der Waals surface area contributed by atoms with Gasteiger partial charge < -0.3 is 5.32 Å². The molecule has 0 spiro atoms. The quantitative estimate of drug-likeness (QED) is 0.657. The SMILES string of the molecule is CSc1ccc(Nc2ccccc2C(=O)Cl)cc1. The molecular formula is C14H12ClNOS. The fourth-order valence-electron chi connectivity index (χ4n) is 1.59. The molecule has 0 aliphatic carbocycles. The van der Waals surface area contributed by atoms with Gasteiger partial charge in [-0.1, -0.05) is 12.1 Å². The number of halogens is 1. The van der Waals surface area contributed by atoms with E-state index in [1.807, 2.05) is 42.7 Å². The van der Waals surface area contributed by atoms with Crippen LogP contribution in [-0.2, 0) is 0 Å². The summed E-state index contributed by atoms with van der Waals surface area (Å²) in [5, 5.41) is 2.73. The summed E-state index contributed by atoms with van der Waals surface area (Å²) in [4.78, 5) is 12.5. The van der Waals surface area contributed by atoms with Crippen molar-refractivity contribution >= 4 is 40.0 Å². The van der Waals surface area contributed by atoms with E-state index in [1.54, 1.807) is 23.9 Å². The van der Waals surface area contributed by atoms with Gasteiger partial charge in [-0.05, 0) is 54.3 Å². The number of carbonyl (C=O) groups excluding carboxylic acids is 1. The van der Waals surface area contributed by atoms with Crippen LogP contribution in [0.1, 0.15) is 10.4 Å². The summed E-state index contributed by atoms with van der Waals surface area (Å²) >= 11 is 7.23. The Kier molecular flexibility index (Phi) is 4.28. The summed E-state index contributed by atoms with van der Waals surface area (Å²) in [5.41, 5.74) is 2.13. The Balaban J connectivity index is 2.25. The standard InChI is InChI=1S/C14H12ClNOS/c1-18-11-8-6-10(7-9-11)16-13-5-3-2-4-12(13)14(15)17/h2-9,16H,1H3. The van der Waals surface area contributed by atoms with Crippen LogP contribution < -0.4 is 5.32 Å². The van der Waals surface area contributed by atoms with Gasteiger partial charge in [-0.15, -0.1) is 11.8 Å². The molecule has 0 heterocycles. The van der Waals surface area contributed by atoms with Crippen LogP contribution in [0.3, 0.4) is 0 Å². The minimum absolute atomic E-state index is 0.459. The lowest BCUT2D eigenvalue weighted by molar-refractivity contribution is 0.108. The summed E-state index contributed by atoms with van der Waals surface area (Å²) in [6, 6.07) is 15.2. The van der Waals surface area contributed by atoms with Gasteiger partial charge in [0.2, 0.25) is 0 Å². The fraction of sp³-hybridized carbons (Fsp3) is 0.0714. The van der Waals surface area contributed by atoms with Gasteiger partial charge in [0.15, 0.2) is 0 Å². The van der Waals surface area contributed by atoms with E-state index in [9.17, 15) is 4.79 Å². The van der Waals surface area contributed by atoms with E-state index in [0.717, 1.165) is 11.4 Å². The lowest BCUT2D eigenvalue weighted by atomic mass is 10.2. The molecule has 0 aliphatic heterocycles. The summed E-state index contributed by atoms with van der Waals surface area (Å²) < 4.78 is 0. The molecule has 92 valence electrons. The maximum absolute atomic E-state index is 11.3. The number of carbonyl (C=O) groups is 1. The lowest BCUT2D eigenvalue weighted by Gasteiger charge is -2.09. The zero-order chi connectivity index (χ0) is 13.0. The Hall–Kier alpha value is -1.45. The monoisotopic (exact) mass is 277 g/mol. The number of nitrogens with one attached hydrogen (secondary N) is 1. The summed E-state index contributed by atoms with van der Waals surface area (Å²) in [6.45, 7) is 0. The van der Waals surface area contributed by atoms with Crippen LogP contribution >= 0.6 is 23.4 Å². The summed E-state index contributed by atoms with van der Waals surface area (Å²) in [7, 11) is 0. The van der Waals surface area contributed by atoms with E-state index >= 15 is 0 Å². The number of benzene rings is 2. The zero-order valence-corrected chi connectivity index (χ0v) is 11.4. The maximum atomic E-state index is 11.3. The Labute approximate surface area is 115 Å². The second kappa shape index (κ2) is 5.94. The van der Waals surface area contributed by atoms with Crippen molar-refractivity contribution in [2.45, 2.75) is 4.90 Å². The van der Waals surface area contributed by atoms with Crippen molar-refractivity contribution in [2.75, 3.05) is 11.6 Å². The van der Waals surface area contributed by atoms with E-state index in [0.29, 0.717) is 5.56 Å². The second-order valence-electron chi connectivity index (χ2n) is 3.67. The molecule has 0 fully saturated rings. The second-order valence-corrected chi connectivity index (χ2v) is 4.90. The molecule has 1 N–H and O–H groups in total. The van der Waals surface area contributed by atoms with Gasteiger partial charge in [0, 0.05) is 10.6 Å². The predicted octanol–water partition coefficient (Wildman–Crippen LogP) is 4.53. The third-order valence-electron chi connectivity index (χ3n) is 2.51. The Morgan fingerprint density at radius 3 is 2.39 bits per heavy atom. The molecule has 4 heteroatoms. The molecule has 0 unspecified atom stereocenters. The maximum Gasteiger partial charge on any atom is 0.254 e. The largest absolute Gasteiger partial charge is 0.355 e. The van der Waals surface area contributed by atoms with Crippen molar-refractivity contribution < 1.29 is 4.79 Å². The molecule has 0 saturated heterocycles. The average molecular weight is 278 g/mol. The molecule has 0 amide bonds. The Bertz CT molecular complexity index is 554. The number of para-hydroxylation sites is 1. The van der Waals surface area contributed by atoms with Gasteiger partial charge >= 0.3 is 0 Å². The third-order valence-corrected chi connectivity index (χ3v) is 3.46. The molecule has 0 bridgehead atoms. The van der Waals surface area contributed by atoms with Crippen LogP contribution in [0, 0.1) is 0 Å². The van der Waals surface area contributed by atoms with Crippen LogP contribution in [0.4, 0.5) is 11.4 Å². The van der Waals surface area contributed by atoms with E-state index < -0.39 is 5.24 Å². The number of anilines is 2. The molecule has 2 rings (SSSR count). The number of rotatable bonds is 4. The lowest BCUT2D eigenvalue weighted by Crippen LogP contribution is -1.98. The molecule has 0 saturated carbocycles. The first-order valence-corrected chi connectivity index (χ1v) is 7.01. The first-order chi connectivity index (χ1) is 8.70. The molecule has 0 aromatic heterocycles. The van der Waals surface area contributed by atoms with Crippen LogP contribution in [0.2, 0.25) is 0 Å². The highest BCUT2D eigenvalue weighted by molar-refractivity contribution is 7.98. The third kappa shape index (κ3) is 3.06. The first-order valence-electron chi connectivity index (χ1n) is 5.40. The zero-order valence-electron chi connectivity index (χ0n) is 9.81. The van der Waals surface area contributed by atoms with E-state index in [4.69, 9.17) is 11.6 Å². The molecule has 0 aliphatic rings. The van der Waals surface area contributed by atoms with Gasteiger partial charge in [-0.3, -0.25) is 4.79 Å². The number of hydrogen-bond donors (Lipinski definition) is 1. The summed E-state index contributed by atoms with van der Waals surface area (Å²) in [5.74, 6) is 0. The first kappa shape index (κ1) is 13.0. The van der Waals surface area contributed by atoms with Crippen LogP contribution in [0.15, 0.2) is 53.4 Å². The van der Waals surface area contributed by atoms with E-state index in [2.05, 4.69) is 5.32 Å². The van der Waals surface area contributed by atoms with Gasteiger partial charge in [0.25, 0.3) is 5.24 Å². The number of thioether (sulfide) groups is 1. The minimum atomic E-state index is -0.459. The van der Waals surface area contributed by atoms with Crippen molar-refractivity contribution in [3.05, 3.63) is 54.1 Å². The number of hydrogen-bond acceptors (Lipinski definition) is 3. The van der Waals surface area contributed by atoms with Gasteiger partial charge in [0.1, 0.15) is 0 Å². The summed E-state index contributed by atoms with van der Waals surface area (Å²) in [6.07, 6.45) is 2.03. The highest BCUT2D eigenvalue weighted by Gasteiger charge is 2.07. The molecule has 2 aromatic carbocycles. The Morgan fingerprint density at radius 1 is 1.11 bits per heavy atom. The van der Waals surface area contributed by atoms with Crippen molar-refractivity contribution in [3.63, 3.8) is 0 Å². The van der Waals surface area contributed by atoms with Crippen molar-refractivity contribution in [1.29, 1.82) is 0 Å². The van der Waals surface area contributed by atoms with Crippen molar-refractivity contribution in [1.82, 2.24) is 0 Å². The highest BCUT2D eigenvalue weighted by atomic mass is 35.5. The highest BCUT2D eigenvalue weighted by Crippen LogP contribution is 2.24. The van der Waals surface area contributed by atoms with E-state index in [-0.39, 0.29) is 0 Å². The van der Waals surface area contributed by atoms with Crippen molar-refractivity contribution in [2.24, 2.45) is 0 Å². The van der Waals surface area contributed by atoms with Gasteiger partial charge in [-0.2, -0.15) is 0 Å². The molecular weight excluding hydrogens is 266 g/mol. The van der Waals surface area contributed by atoms with Crippen molar-refractivity contribution in [3.8, 4) is 0 Å². The smallest absolute Gasteiger partial charge is 0.254 e.